The third kappa shape index (κ3) is 7.34. The second-order valence-corrected chi connectivity index (χ2v) is 8.07. The molecule has 2 unspecified atom stereocenters. The van der Waals surface area contributed by atoms with E-state index in [-0.39, 0.29) is 0 Å². The maximum atomic E-state index is 3.74. The number of hydrogen-bond donors (Lipinski definition) is 0. The Morgan fingerprint density at radius 2 is 2.11 bits per heavy atom. The summed E-state index contributed by atoms with van der Waals surface area (Å²) in [7, 11) is 0. The Morgan fingerprint density at radius 3 is 2.89 bits per heavy atom. The molecule has 0 heterocycles. The fourth-order valence-electron chi connectivity index (χ4n) is 3.06. The highest BCUT2D eigenvalue weighted by Gasteiger charge is 2.17. The molecule has 0 amide bonds. The highest BCUT2D eigenvalue weighted by molar-refractivity contribution is 14.1. The van der Waals surface area contributed by atoms with E-state index in [4.69, 9.17) is 0 Å². The monoisotopic (exact) mass is 468 g/mol. The summed E-state index contributed by atoms with van der Waals surface area (Å²) in [4.78, 5) is 0. The summed E-state index contributed by atoms with van der Waals surface area (Å²) in [6, 6.07) is 0. The molecular weight excluding hydrogens is 439 g/mol. The molecule has 140 valence electrons. The van der Waals surface area contributed by atoms with Crippen LogP contribution in [0.25, 0.3) is 0 Å². The molecular formula is C26H29I. The SMILES string of the molecule is C=C/C=C(I)/C=C/C(C)C/C=C/C(=C/C=C/C)C1=CC=C2C=CC=CC2C1. The Morgan fingerprint density at radius 1 is 1.26 bits per heavy atom. The van der Waals surface area contributed by atoms with Crippen LogP contribution in [0.1, 0.15) is 26.7 Å². The molecule has 0 aromatic carbocycles. The highest BCUT2D eigenvalue weighted by Crippen LogP contribution is 2.33. The van der Waals surface area contributed by atoms with Crippen LogP contribution in [0, 0.1) is 11.8 Å². The summed E-state index contributed by atoms with van der Waals surface area (Å²) in [5.74, 6) is 1.02. The zero-order valence-corrected chi connectivity index (χ0v) is 18.5. The summed E-state index contributed by atoms with van der Waals surface area (Å²) in [6.07, 6.45) is 34.7. The standard InChI is InChI=1S/C26H29I/c1-4-6-12-22(15-9-11-21(3)16-19-26(27)10-5-2)25-18-17-23-13-7-8-14-24(23)20-25/h4-10,12-19,21,24H,2,11,20H2,1,3H3/b6-4+,15-9+,19-16+,22-12-,26-10-. The maximum absolute atomic E-state index is 3.74. The minimum atomic E-state index is 0.505. The first-order chi connectivity index (χ1) is 13.1. The minimum Gasteiger partial charge on any atom is -0.0990 e. The lowest BCUT2D eigenvalue weighted by atomic mass is 9.82. The number of allylic oxidation sites excluding steroid dienone is 19. The highest BCUT2D eigenvalue weighted by atomic mass is 127. The van der Waals surface area contributed by atoms with Crippen molar-refractivity contribution in [2.75, 3.05) is 0 Å². The van der Waals surface area contributed by atoms with Gasteiger partial charge in [0.15, 0.2) is 0 Å². The van der Waals surface area contributed by atoms with Gasteiger partial charge in [-0.2, -0.15) is 0 Å². The van der Waals surface area contributed by atoms with Crippen LogP contribution in [-0.4, -0.2) is 0 Å². The second kappa shape index (κ2) is 11.8. The van der Waals surface area contributed by atoms with E-state index in [0.717, 1.165) is 12.8 Å². The van der Waals surface area contributed by atoms with E-state index >= 15 is 0 Å². The molecule has 0 radical (unpaired) electrons. The van der Waals surface area contributed by atoms with Crippen LogP contribution >= 0.6 is 22.6 Å². The Bertz CT molecular complexity index is 788. The maximum Gasteiger partial charge on any atom is 0.0127 e. The van der Waals surface area contributed by atoms with E-state index in [1.807, 2.05) is 12.2 Å². The van der Waals surface area contributed by atoms with E-state index in [2.05, 4.69) is 122 Å². The van der Waals surface area contributed by atoms with Crippen molar-refractivity contribution < 1.29 is 0 Å². The van der Waals surface area contributed by atoms with Crippen molar-refractivity contribution >= 4 is 22.6 Å². The topological polar surface area (TPSA) is 0 Å². The second-order valence-electron chi connectivity index (χ2n) is 6.82. The Hall–Kier alpha value is -1.87. The molecule has 0 saturated carbocycles. The summed E-state index contributed by atoms with van der Waals surface area (Å²) < 4.78 is 1.21. The van der Waals surface area contributed by atoms with Crippen molar-refractivity contribution in [2.45, 2.75) is 26.7 Å². The van der Waals surface area contributed by atoms with Crippen LogP contribution < -0.4 is 0 Å². The molecule has 0 fully saturated rings. The first-order valence-electron chi connectivity index (χ1n) is 9.56. The molecule has 27 heavy (non-hydrogen) atoms. The molecule has 0 bridgehead atoms. The van der Waals surface area contributed by atoms with E-state index < -0.39 is 0 Å². The van der Waals surface area contributed by atoms with Gasteiger partial charge in [-0.15, -0.1) is 0 Å². The smallest absolute Gasteiger partial charge is 0.0127 e. The van der Waals surface area contributed by atoms with Crippen LogP contribution in [0.2, 0.25) is 0 Å². The van der Waals surface area contributed by atoms with Crippen LogP contribution in [0.15, 0.2) is 118 Å². The van der Waals surface area contributed by atoms with Crippen molar-refractivity contribution in [2.24, 2.45) is 11.8 Å². The van der Waals surface area contributed by atoms with Crippen LogP contribution in [0.4, 0.5) is 0 Å². The third-order valence-corrected chi connectivity index (χ3v) is 5.31. The first kappa shape index (κ1) is 21.4. The quantitative estimate of drug-likeness (QED) is 0.249. The van der Waals surface area contributed by atoms with Gasteiger partial charge in [-0.05, 0) is 71.1 Å². The fraction of sp³-hybridized carbons (Fsp3) is 0.231. The van der Waals surface area contributed by atoms with Gasteiger partial charge in [-0.25, -0.2) is 0 Å². The lowest BCUT2D eigenvalue weighted by molar-refractivity contribution is 0.741. The average Bonchev–Trinajstić information content (AvgIpc) is 2.69. The molecule has 0 aliphatic heterocycles. The van der Waals surface area contributed by atoms with Gasteiger partial charge < -0.3 is 0 Å². The average molecular weight is 468 g/mol. The first-order valence-corrected chi connectivity index (χ1v) is 10.6. The van der Waals surface area contributed by atoms with Crippen molar-refractivity contribution in [3.05, 3.63) is 118 Å². The molecule has 0 aromatic rings. The van der Waals surface area contributed by atoms with Gasteiger partial charge in [0.2, 0.25) is 0 Å². The molecule has 2 rings (SSSR count). The summed E-state index contributed by atoms with van der Waals surface area (Å²) in [5, 5.41) is 0. The van der Waals surface area contributed by atoms with Crippen molar-refractivity contribution in [3.8, 4) is 0 Å². The van der Waals surface area contributed by atoms with Gasteiger partial charge in [0, 0.05) is 9.50 Å². The number of hydrogen-bond acceptors (Lipinski definition) is 0. The minimum absolute atomic E-state index is 0.505. The van der Waals surface area contributed by atoms with Crippen molar-refractivity contribution in [1.82, 2.24) is 0 Å². The zero-order valence-electron chi connectivity index (χ0n) is 16.3. The molecule has 0 nitrogen and oxygen atoms in total. The number of halogens is 1. The largest absolute Gasteiger partial charge is 0.0990 e. The van der Waals surface area contributed by atoms with E-state index in [1.54, 1.807) is 0 Å². The summed E-state index contributed by atoms with van der Waals surface area (Å²) in [5.41, 5.74) is 4.13. The fourth-order valence-corrected chi connectivity index (χ4v) is 3.52. The lowest BCUT2D eigenvalue weighted by Gasteiger charge is -2.23. The van der Waals surface area contributed by atoms with E-state index in [0.29, 0.717) is 11.8 Å². The summed E-state index contributed by atoms with van der Waals surface area (Å²) >= 11 is 2.33. The van der Waals surface area contributed by atoms with Gasteiger partial charge in [0.1, 0.15) is 0 Å². The molecule has 2 atom stereocenters. The normalized spacial score (nSPS) is 21.7. The van der Waals surface area contributed by atoms with Crippen LogP contribution in [-0.2, 0) is 0 Å². The molecule has 0 saturated heterocycles. The molecule has 0 spiro atoms. The predicted octanol–water partition coefficient (Wildman–Crippen LogP) is 8.13. The van der Waals surface area contributed by atoms with Crippen molar-refractivity contribution in [1.29, 1.82) is 0 Å². The predicted molar refractivity (Wildman–Crippen MR) is 130 cm³/mol. The third-order valence-electron chi connectivity index (χ3n) is 4.59. The Labute approximate surface area is 178 Å². The van der Waals surface area contributed by atoms with E-state index in [1.165, 1.54) is 20.3 Å². The van der Waals surface area contributed by atoms with Gasteiger partial charge in [-0.1, -0.05) is 98.6 Å². The number of fused-ring (bicyclic) bond motifs is 1. The molecule has 2 aliphatic carbocycles. The van der Waals surface area contributed by atoms with Gasteiger partial charge in [-0.3, -0.25) is 0 Å². The molecule has 2 aliphatic rings. The van der Waals surface area contributed by atoms with Gasteiger partial charge in [0.25, 0.3) is 0 Å². The molecule has 1 heteroatoms. The van der Waals surface area contributed by atoms with Gasteiger partial charge in [0.05, 0.1) is 0 Å². The van der Waals surface area contributed by atoms with E-state index in [9.17, 15) is 0 Å². The van der Waals surface area contributed by atoms with Crippen LogP contribution in [0.3, 0.4) is 0 Å². The van der Waals surface area contributed by atoms with Crippen molar-refractivity contribution in [3.63, 3.8) is 0 Å². The van der Waals surface area contributed by atoms with Crippen LogP contribution in [0.5, 0.6) is 0 Å². The molecule has 0 N–H and O–H groups in total. The number of rotatable bonds is 8. The summed E-state index contributed by atoms with van der Waals surface area (Å²) in [6.45, 7) is 8.05. The van der Waals surface area contributed by atoms with Gasteiger partial charge >= 0.3 is 0 Å². The Balaban J connectivity index is 2.06. The molecule has 0 aromatic heterocycles. The lowest BCUT2D eigenvalue weighted by Crippen LogP contribution is -2.08. The zero-order chi connectivity index (χ0) is 19.5. The Kier molecular flexibility index (Phi) is 9.34.